The summed E-state index contributed by atoms with van der Waals surface area (Å²) >= 11 is 0. The number of rotatable bonds is 8. The fourth-order valence-electron chi connectivity index (χ4n) is 3.07. The van der Waals surface area contributed by atoms with E-state index in [1.807, 2.05) is 60.7 Å². The Morgan fingerprint density at radius 1 is 1.00 bits per heavy atom. The average Bonchev–Trinajstić information content (AvgIpc) is 2.72. The number of nitro groups is 1. The molecule has 7 heteroatoms. The van der Waals surface area contributed by atoms with Gasteiger partial charge in [0.25, 0.3) is 5.69 Å². The highest BCUT2D eigenvalue weighted by Gasteiger charge is 2.21. The number of hydrogen-bond acceptors (Lipinski definition) is 4. The molecule has 0 bridgehead atoms. The van der Waals surface area contributed by atoms with Crippen molar-refractivity contribution >= 4 is 24.1 Å². The van der Waals surface area contributed by atoms with Gasteiger partial charge >= 0.3 is 5.97 Å². The first-order valence-corrected chi connectivity index (χ1v) is 8.87. The zero-order valence-electron chi connectivity index (χ0n) is 15.5. The van der Waals surface area contributed by atoms with Crippen molar-refractivity contribution in [3.05, 3.63) is 100 Å². The van der Waals surface area contributed by atoms with E-state index >= 15 is 0 Å². The monoisotopic (exact) mass is 412 g/mol. The summed E-state index contributed by atoms with van der Waals surface area (Å²) in [7, 11) is 0. The second-order valence-corrected chi connectivity index (χ2v) is 6.43. The van der Waals surface area contributed by atoms with Crippen LogP contribution in [-0.2, 0) is 17.8 Å². The minimum Gasteiger partial charge on any atom is -0.480 e. The number of halogens is 1. The third-order valence-corrected chi connectivity index (χ3v) is 4.50. The van der Waals surface area contributed by atoms with Crippen LogP contribution in [0.15, 0.2) is 78.9 Å². The Bertz CT molecular complexity index is 965. The molecule has 0 fully saturated rings. The number of carbonyl (C=O) groups is 1. The predicted octanol–water partition coefficient (Wildman–Crippen LogP) is 4.47. The number of carboxylic acids is 1. The highest BCUT2D eigenvalue weighted by atomic mass is 35.5. The van der Waals surface area contributed by atoms with Crippen molar-refractivity contribution in [1.29, 1.82) is 0 Å². The minimum absolute atomic E-state index is 0. The maximum Gasteiger partial charge on any atom is 0.321 e. The summed E-state index contributed by atoms with van der Waals surface area (Å²) in [6, 6.07) is 22.7. The summed E-state index contributed by atoms with van der Waals surface area (Å²) in [5.74, 6) is -0.999. The van der Waals surface area contributed by atoms with Gasteiger partial charge in [-0.1, -0.05) is 60.7 Å². The Balaban J connectivity index is 0.00000300. The summed E-state index contributed by atoms with van der Waals surface area (Å²) in [6.07, 6.45) is 0.133. The van der Waals surface area contributed by atoms with Gasteiger partial charge in [-0.15, -0.1) is 12.4 Å². The van der Waals surface area contributed by atoms with Gasteiger partial charge in [-0.25, -0.2) is 0 Å². The van der Waals surface area contributed by atoms with Gasteiger partial charge in [-0.3, -0.25) is 14.9 Å². The number of nitrogens with one attached hydrogen (secondary N) is 1. The molecule has 0 heterocycles. The number of carboxylic acid groups (broad SMARTS) is 1. The Morgan fingerprint density at radius 2 is 1.62 bits per heavy atom. The van der Waals surface area contributed by atoms with Gasteiger partial charge in [0.05, 0.1) is 4.92 Å². The van der Waals surface area contributed by atoms with Crippen LogP contribution in [0.25, 0.3) is 11.1 Å². The van der Waals surface area contributed by atoms with Gasteiger partial charge in [0.1, 0.15) is 6.04 Å². The van der Waals surface area contributed by atoms with Crippen LogP contribution < -0.4 is 5.32 Å². The van der Waals surface area contributed by atoms with Crippen LogP contribution in [0.4, 0.5) is 5.69 Å². The van der Waals surface area contributed by atoms with Crippen LogP contribution in [0.2, 0.25) is 0 Å². The van der Waals surface area contributed by atoms with Gasteiger partial charge in [0.15, 0.2) is 0 Å². The van der Waals surface area contributed by atoms with Crippen LogP contribution in [0.5, 0.6) is 0 Å². The molecule has 1 atom stereocenters. The third-order valence-electron chi connectivity index (χ3n) is 4.50. The van der Waals surface area contributed by atoms with Crippen LogP contribution in [0.1, 0.15) is 11.1 Å². The number of non-ortho nitro benzene ring substituents is 1. The molecule has 0 aromatic heterocycles. The highest BCUT2D eigenvalue weighted by Crippen LogP contribution is 2.28. The standard InChI is InChI=1S/C22H20N2O4.ClH/c25-22(26)21(23-15-16-7-3-1-4-8-16)14-18-13-19(24(27)28)11-12-20(18)17-9-5-2-6-10-17;/h1-13,21,23H,14-15H2,(H,25,26);1H/t21-;/m0./s1. The first kappa shape index (κ1) is 22.1. The molecule has 0 saturated heterocycles. The minimum atomic E-state index is -0.999. The average molecular weight is 413 g/mol. The van der Waals surface area contributed by atoms with E-state index in [4.69, 9.17) is 0 Å². The fraction of sp³-hybridized carbons (Fsp3) is 0.136. The molecular weight excluding hydrogens is 392 g/mol. The summed E-state index contributed by atoms with van der Waals surface area (Å²) in [5, 5.41) is 23.9. The van der Waals surface area contributed by atoms with E-state index in [2.05, 4.69) is 5.32 Å². The van der Waals surface area contributed by atoms with Crippen molar-refractivity contribution in [1.82, 2.24) is 5.32 Å². The van der Waals surface area contributed by atoms with Gasteiger partial charge in [0.2, 0.25) is 0 Å². The van der Waals surface area contributed by atoms with Gasteiger partial charge in [-0.05, 0) is 34.7 Å². The zero-order chi connectivity index (χ0) is 19.9. The second kappa shape index (κ2) is 10.4. The van der Waals surface area contributed by atoms with Crippen molar-refractivity contribution < 1.29 is 14.8 Å². The van der Waals surface area contributed by atoms with Crippen LogP contribution in [0, 0.1) is 10.1 Å². The molecule has 0 spiro atoms. The predicted molar refractivity (Wildman–Crippen MR) is 114 cm³/mol. The highest BCUT2D eigenvalue weighted by molar-refractivity contribution is 5.85. The molecule has 29 heavy (non-hydrogen) atoms. The van der Waals surface area contributed by atoms with Crippen molar-refractivity contribution in [2.24, 2.45) is 0 Å². The molecule has 0 amide bonds. The molecule has 150 valence electrons. The fourth-order valence-corrected chi connectivity index (χ4v) is 3.07. The van der Waals surface area contributed by atoms with Gasteiger partial charge in [0, 0.05) is 18.7 Å². The van der Waals surface area contributed by atoms with E-state index in [0.717, 1.165) is 16.7 Å². The van der Waals surface area contributed by atoms with E-state index in [1.54, 1.807) is 6.07 Å². The van der Waals surface area contributed by atoms with E-state index in [9.17, 15) is 20.0 Å². The molecule has 0 radical (unpaired) electrons. The lowest BCUT2D eigenvalue weighted by molar-refractivity contribution is -0.384. The lowest BCUT2D eigenvalue weighted by atomic mass is 9.94. The van der Waals surface area contributed by atoms with E-state index in [-0.39, 0.29) is 24.5 Å². The number of benzene rings is 3. The zero-order valence-corrected chi connectivity index (χ0v) is 16.3. The Kier molecular flexibility index (Phi) is 7.88. The van der Waals surface area contributed by atoms with E-state index in [0.29, 0.717) is 12.1 Å². The van der Waals surface area contributed by atoms with Crippen molar-refractivity contribution in [2.45, 2.75) is 19.0 Å². The van der Waals surface area contributed by atoms with Crippen molar-refractivity contribution in [2.75, 3.05) is 0 Å². The van der Waals surface area contributed by atoms with Gasteiger partial charge in [-0.2, -0.15) is 0 Å². The quantitative estimate of drug-likeness (QED) is 0.420. The molecule has 0 unspecified atom stereocenters. The van der Waals surface area contributed by atoms with E-state index in [1.165, 1.54) is 12.1 Å². The topological polar surface area (TPSA) is 92.5 Å². The molecule has 0 aliphatic heterocycles. The number of aliphatic carboxylic acids is 1. The molecule has 2 N–H and O–H groups in total. The Labute approximate surface area is 174 Å². The van der Waals surface area contributed by atoms with Crippen molar-refractivity contribution in [3.8, 4) is 11.1 Å². The lowest BCUT2D eigenvalue weighted by Gasteiger charge is -2.17. The smallest absolute Gasteiger partial charge is 0.321 e. The lowest BCUT2D eigenvalue weighted by Crippen LogP contribution is -2.38. The molecule has 3 aromatic carbocycles. The molecular formula is C22H21ClN2O4. The molecule has 6 nitrogen and oxygen atoms in total. The van der Waals surface area contributed by atoms with E-state index < -0.39 is 16.9 Å². The number of nitro benzene ring substituents is 1. The molecule has 0 saturated carbocycles. The normalized spacial score (nSPS) is 11.3. The number of nitrogens with zero attached hydrogens (tertiary/aromatic N) is 1. The third kappa shape index (κ3) is 5.88. The number of hydrogen-bond donors (Lipinski definition) is 2. The SMILES string of the molecule is Cl.O=C(O)[C@H](Cc1cc([N+](=O)[O-])ccc1-c1ccccc1)NCc1ccccc1. The first-order chi connectivity index (χ1) is 13.5. The van der Waals surface area contributed by atoms with Crippen molar-refractivity contribution in [3.63, 3.8) is 0 Å². The molecule has 3 rings (SSSR count). The Hall–Kier alpha value is -3.22. The van der Waals surface area contributed by atoms with Crippen LogP contribution >= 0.6 is 12.4 Å². The molecule has 3 aromatic rings. The first-order valence-electron chi connectivity index (χ1n) is 8.87. The Morgan fingerprint density at radius 3 is 2.21 bits per heavy atom. The summed E-state index contributed by atoms with van der Waals surface area (Å²) in [5.41, 5.74) is 3.21. The second-order valence-electron chi connectivity index (χ2n) is 6.43. The van der Waals surface area contributed by atoms with Crippen LogP contribution in [-0.4, -0.2) is 22.0 Å². The largest absolute Gasteiger partial charge is 0.480 e. The van der Waals surface area contributed by atoms with Gasteiger partial charge < -0.3 is 10.4 Å². The maximum atomic E-state index is 11.8. The summed E-state index contributed by atoms with van der Waals surface area (Å²) in [6.45, 7) is 0.396. The molecule has 0 aliphatic rings. The maximum absolute atomic E-state index is 11.8. The summed E-state index contributed by atoms with van der Waals surface area (Å²) < 4.78 is 0. The van der Waals surface area contributed by atoms with Crippen LogP contribution in [0.3, 0.4) is 0 Å². The molecule has 0 aliphatic carbocycles. The summed E-state index contributed by atoms with van der Waals surface area (Å²) in [4.78, 5) is 22.5.